The topological polar surface area (TPSA) is 9.23 Å². The zero-order chi connectivity index (χ0) is 10.0. The molecule has 1 saturated carbocycles. The molecular weight excluding hydrogens is 188 g/mol. The molecule has 2 heteroatoms. The van der Waals surface area contributed by atoms with E-state index in [1.165, 1.54) is 38.5 Å². The first-order chi connectivity index (χ1) is 6.67. The van der Waals surface area contributed by atoms with Gasteiger partial charge >= 0.3 is 0 Å². The van der Waals surface area contributed by atoms with Gasteiger partial charge in [0.15, 0.2) is 0 Å². The predicted octanol–water partition coefficient (Wildman–Crippen LogP) is 3.66. The first-order valence-electron chi connectivity index (χ1n) is 6.03. The Hall–Kier alpha value is -0.0831. The Kier molecular flexibility index (Phi) is 3.13. The lowest BCUT2D eigenvalue weighted by Gasteiger charge is -2.37. The van der Waals surface area contributed by atoms with E-state index in [1.807, 2.05) is 0 Å². The van der Waals surface area contributed by atoms with E-state index >= 15 is 0 Å². The third-order valence-corrected chi connectivity index (χ3v) is 5.47. The van der Waals surface area contributed by atoms with Crippen LogP contribution < -0.4 is 0 Å². The van der Waals surface area contributed by atoms with Crippen LogP contribution in [0.5, 0.6) is 0 Å². The maximum absolute atomic E-state index is 6.27. The molecule has 1 aliphatic carbocycles. The summed E-state index contributed by atoms with van der Waals surface area (Å²) in [6.07, 6.45) is 11.2. The van der Waals surface area contributed by atoms with E-state index in [0.717, 1.165) is 5.92 Å². The second-order valence-corrected chi connectivity index (χ2v) is 9.07. The highest BCUT2D eigenvalue weighted by Crippen LogP contribution is 2.33. The van der Waals surface area contributed by atoms with Crippen LogP contribution in [0, 0.1) is 5.92 Å². The molecule has 1 atom stereocenters. The van der Waals surface area contributed by atoms with Crippen molar-refractivity contribution in [1.29, 1.82) is 0 Å². The van der Waals surface area contributed by atoms with Gasteiger partial charge < -0.3 is 4.43 Å². The van der Waals surface area contributed by atoms with Crippen molar-refractivity contribution in [2.24, 2.45) is 5.92 Å². The SMILES string of the molecule is C[Si]1(C)C=CC[C@H](C2CCCCC2)O1. The fourth-order valence-corrected chi connectivity index (χ4v) is 4.61. The summed E-state index contributed by atoms with van der Waals surface area (Å²) >= 11 is 0. The standard InChI is InChI=1S/C12H22OSi/c1-14(2)10-6-9-12(13-14)11-7-4-3-5-8-11/h6,10-12H,3-5,7-9H2,1-2H3/t12-/m1/s1. The zero-order valence-electron chi connectivity index (χ0n) is 9.46. The van der Waals surface area contributed by atoms with E-state index in [4.69, 9.17) is 4.43 Å². The fraction of sp³-hybridized carbons (Fsp3) is 0.833. The molecule has 1 nitrogen and oxygen atoms in total. The Morgan fingerprint density at radius 3 is 2.50 bits per heavy atom. The van der Waals surface area contributed by atoms with Crippen LogP contribution in [0.15, 0.2) is 11.8 Å². The molecule has 80 valence electrons. The molecule has 1 heterocycles. The summed E-state index contributed by atoms with van der Waals surface area (Å²) in [6, 6.07) is 0. The van der Waals surface area contributed by atoms with E-state index in [9.17, 15) is 0 Å². The van der Waals surface area contributed by atoms with Gasteiger partial charge in [-0.3, -0.25) is 0 Å². The maximum atomic E-state index is 6.27. The van der Waals surface area contributed by atoms with E-state index in [1.54, 1.807) is 0 Å². The Balaban J connectivity index is 1.95. The van der Waals surface area contributed by atoms with Crippen LogP contribution in [0.25, 0.3) is 0 Å². The van der Waals surface area contributed by atoms with Gasteiger partial charge in [-0.25, -0.2) is 0 Å². The Bertz CT molecular complexity index is 216. The van der Waals surface area contributed by atoms with Crippen molar-refractivity contribution in [3.8, 4) is 0 Å². The van der Waals surface area contributed by atoms with E-state index in [0.29, 0.717) is 6.10 Å². The maximum Gasteiger partial charge on any atom is 0.211 e. The van der Waals surface area contributed by atoms with E-state index < -0.39 is 8.32 Å². The van der Waals surface area contributed by atoms with Crippen LogP contribution in [-0.4, -0.2) is 14.4 Å². The highest BCUT2D eigenvalue weighted by Gasteiger charge is 2.32. The number of hydrogen-bond acceptors (Lipinski definition) is 1. The lowest BCUT2D eigenvalue weighted by molar-refractivity contribution is 0.101. The van der Waals surface area contributed by atoms with Gasteiger partial charge in [0.2, 0.25) is 8.32 Å². The van der Waals surface area contributed by atoms with Crippen molar-refractivity contribution >= 4 is 8.32 Å². The molecule has 0 aromatic rings. The summed E-state index contributed by atoms with van der Waals surface area (Å²) < 4.78 is 6.27. The Morgan fingerprint density at radius 2 is 1.86 bits per heavy atom. The molecule has 2 rings (SSSR count). The quantitative estimate of drug-likeness (QED) is 0.600. The smallest absolute Gasteiger partial charge is 0.211 e. The van der Waals surface area contributed by atoms with Crippen molar-refractivity contribution in [2.45, 2.75) is 57.7 Å². The molecule has 0 aromatic heterocycles. The fourth-order valence-electron chi connectivity index (χ4n) is 2.76. The van der Waals surface area contributed by atoms with Gasteiger partial charge in [-0.05, 0) is 38.3 Å². The van der Waals surface area contributed by atoms with Crippen molar-refractivity contribution < 1.29 is 4.43 Å². The Morgan fingerprint density at radius 1 is 1.14 bits per heavy atom. The average Bonchev–Trinajstić information content (AvgIpc) is 2.18. The van der Waals surface area contributed by atoms with Gasteiger partial charge in [0, 0.05) is 0 Å². The number of hydrogen-bond donors (Lipinski definition) is 0. The molecule has 0 N–H and O–H groups in total. The largest absolute Gasteiger partial charge is 0.410 e. The van der Waals surface area contributed by atoms with Crippen LogP contribution in [0.3, 0.4) is 0 Å². The monoisotopic (exact) mass is 210 g/mol. The highest BCUT2D eigenvalue weighted by molar-refractivity contribution is 6.76. The summed E-state index contributed by atoms with van der Waals surface area (Å²) in [5.74, 6) is 0.862. The summed E-state index contributed by atoms with van der Waals surface area (Å²) in [4.78, 5) is 0. The van der Waals surface area contributed by atoms with Crippen LogP contribution in [0.4, 0.5) is 0 Å². The minimum atomic E-state index is -1.42. The van der Waals surface area contributed by atoms with Crippen LogP contribution in [0.2, 0.25) is 13.1 Å². The molecule has 0 bridgehead atoms. The zero-order valence-corrected chi connectivity index (χ0v) is 10.5. The van der Waals surface area contributed by atoms with Crippen molar-refractivity contribution in [2.75, 3.05) is 0 Å². The second-order valence-electron chi connectivity index (χ2n) is 5.30. The van der Waals surface area contributed by atoms with Crippen molar-refractivity contribution in [1.82, 2.24) is 0 Å². The minimum Gasteiger partial charge on any atom is -0.410 e. The summed E-state index contributed by atoms with van der Waals surface area (Å²) in [6.45, 7) is 4.61. The van der Waals surface area contributed by atoms with Crippen LogP contribution in [-0.2, 0) is 4.43 Å². The lowest BCUT2D eigenvalue weighted by Crippen LogP contribution is -2.40. The molecule has 0 unspecified atom stereocenters. The molecule has 0 radical (unpaired) electrons. The first kappa shape index (κ1) is 10.4. The van der Waals surface area contributed by atoms with Crippen molar-refractivity contribution in [3.63, 3.8) is 0 Å². The van der Waals surface area contributed by atoms with Crippen LogP contribution >= 0.6 is 0 Å². The van der Waals surface area contributed by atoms with Crippen LogP contribution in [0.1, 0.15) is 38.5 Å². The minimum absolute atomic E-state index is 0.557. The van der Waals surface area contributed by atoms with Gasteiger partial charge in [0.05, 0.1) is 6.10 Å². The molecule has 1 fully saturated rings. The first-order valence-corrected chi connectivity index (χ1v) is 9.01. The van der Waals surface area contributed by atoms with Gasteiger partial charge in [-0.15, -0.1) is 0 Å². The average molecular weight is 210 g/mol. The van der Waals surface area contributed by atoms with E-state index in [-0.39, 0.29) is 0 Å². The normalized spacial score (nSPS) is 33.1. The second kappa shape index (κ2) is 4.19. The summed E-state index contributed by atoms with van der Waals surface area (Å²) in [5, 5.41) is 0. The molecule has 14 heavy (non-hydrogen) atoms. The van der Waals surface area contributed by atoms with Gasteiger partial charge in [-0.2, -0.15) is 0 Å². The number of rotatable bonds is 1. The van der Waals surface area contributed by atoms with Gasteiger partial charge in [-0.1, -0.05) is 31.0 Å². The van der Waals surface area contributed by atoms with Gasteiger partial charge in [0.1, 0.15) is 0 Å². The van der Waals surface area contributed by atoms with Crippen molar-refractivity contribution in [3.05, 3.63) is 11.8 Å². The molecule has 0 aromatic carbocycles. The third-order valence-electron chi connectivity index (χ3n) is 3.52. The molecule has 1 aliphatic heterocycles. The highest BCUT2D eigenvalue weighted by atomic mass is 28.4. The lowest BCUT2D eigenvalue weighted by atomic mass is 9.84. The molecule has 0 spiro atoms. The molecule has 0 saturated heterocycles. The predicted molar refractivity (Wildman–Crippen MR) is 62.7 cm³/mol. The molecular formula is C12H22OSi. The summed E-state index contributed by atoms with van der Waals surface area (Å²) in [5.41, 5.74) is 2.34. The Labute approximate surface area is 88.7 Å². The van der Waals surface area contributed by atoms with Gasteiger partial charge in [0.25, 0.3) is 0 Å². The third kappa shape index (κ3) is 2.48. The summed E-state index contributed by atoms with van der Waals surface area (Å²) in [7, 11) is -1.42. The molecule has 0 amide bonds. The van der Waals surface area contributed by atoms with E-state index in [2.05, 4.69) is 24.9 Å². The molecule has 2 aliphatic rings.